The van der Waals surface area contributed by atoms with Crippen LogP contribution in [0.5, 0.6) is 0 Å². The number of benzene rings is 10. The lowest BCUT2D eigenvalue weighted by molar-refractivity contribution is 0.669. The van der Waals surface area contributed by atoms with Crippen molar-refractivity contribution in [2.75, 3.05) is 4.90 Å². The fourth-order valence-electron chi connectivity index (χ4n) is 8.72. The third kappa shape index (κ3) is 6.41. The van der Waals surface area contributed by atoms with E-state index in [-0.39, 0.29) is 0 Å². The third-order valence-corrected chi connectivity index (χ3v) is 11.7. The van der Waals surface area contributed by atoms with Crippen molar-refractivity contribution < 1.29 is 4.42 Å². The summed E-state index contributed by atoms with van der Waals surface area (Å²) in [6, 6.07) is 84.7. The van der Waals surface area contributed by atoms with Gasteiger partial charge >= 0.3 is 0 Å². The summed E-state index contributed by atoms with van der Waals surface area (Å²) in [5.41, 5.74) is 16.8. The SMILES string of the molecule is c1ccc(-c2ccc3cc(-c4ccc(N(c5ccc(-c6ccccc6-c6ccccc6-c6ccccc6)cc5)c5cccc6c5oc5ccccc56)cc4)ccc3c2)cc1. The summed E-state index contributed by atoms with van der Waals surface area (Å²) in [6.45, 7) is 0. The fourth-order valence-corrected chi connectivity index (χ4v) is 8.72. The van der Waals surface area contributed by atoms with Crippen molar-refractivity contribution in [2.24, 2.45) is 0 Å². The second kappa shape index (κ2) is 15.1. The Balaban J connectivity index is 0.987. The standard InChI is InChI=1S/C58H39NO/c1-3-14-40(15-4-1)44-26-28-47-39-45(27-29-46(47)38-44)41-30-34-48(35-31-41)59(56-24-13-23-55-54-22-11-12-25-57(54)60-58(55)56)49-36-32-43(33-37-49)51-19-8-10-21-53(51)52-20-9-7-18-50(52)42-16-5-2-6-17-42/h1-39H. The molecule has 0 saturated carbocycles. The molecule has 0 aliphatic carbocycles. The fraction of sp³-hybridized carbons (Fsp3) is 0. The number of nitrogens with zero attached hydrogens (tertiary/aromatic N) is 1. The molecule has 0 bridgehead atoms. The van der Waals surface area contributed by atoms with Crippen molar-refractivity contribution in [3.63, 3.8) is 0 Å². The highest BCUT2D eigenvalue weighted by atomic mass is 16.3. The van der Waals surface area contributed by atoms with Crippen LogP contribution < -0.4 is 4.90 Å². The Kier molecular flexibility index (Phi) is 8.87. The summed E-state index contributed by atoms with van der Waals surface area (Å²) in [6.07, 6.45) is 0. The first-order chi connectivity index (χ1) is 29.7. The average Bonchev–Trinajstić information content (AvgIpc) is 3.72. The summed E-state index contributed by atoms with van der Waals surface area (Å²) in [5.74, 6) is 0. The van der Waals surface area contributed by atoms with Crippen molar-refractivity contribution >= 4 is 49.8 Å². The first-order valence-corrected chi connectivity index (χ1v) is 20.5. The van der Waals surface area contributed by atoms with Crippen molar-refractivity contribution in [1.82, 2.24) is 0 Å². The van der Waals surface area contributed by atoms with Crippen LogP contribution in [0.1, 0.15) is 0 Å². The van der Waals surface area contributed by atoms with E-state index >= 15 is 0 Å². The molecule has 0 fully saturated rings. The molecule has 0 radical (unpaired) electrons. The van der Waals surface area contributed by atoms with Gasteiger partial charge in [-0.05, 0) is 115 Å². The van der Waals surface area contributed by atoms with E-state index in [0.717, 1.165) is 50.1 Å². The summed E-state index contributed by atoms with van der Waals surface area (Å²) in [5, 5.41) is 4.66. The maximum atomic E-state index is 6.64. The molecule has 0 N–H and O–H groups in total. The highest BCUT2D eigenvalue weighted by Gasteiger charge is 2.20. The molecule has 2 heteroatoms. The Labute approximate surface area is 349 Å². The van der Waals surface area contributed by atoms with Gasteiger partial charge in [0.15, 0.2) is 5.58 Å². The van der Waals surface area contributed by atoms with Gasteiger partial charge in [0.25, 0.3) is 0 Å². The molecule has 2 nitrogen and oxygen atoms in total. The van der Waals surface area contributed by atoms with E-state index in [1.165, 1.54) is 55.3 Å². The van der Waals surface area contributed by atoms with E-state index in [1.807, 2.05) is 12.1 Å². The quantitative estimate of drug-likeness (QED) is 0.153. The van der Waals surface area contributed by atoms with Crippen LogP contribution in [0.15, 0.2) is 241 Å². The summed E-state index contributed by atoms with van der Waals surface area (Å²) in [4.78, 5) is 2.32. The normalized spacial score (nSPS) is 11.3. The van der Waals surface area contributed by atoms with Crippen LogP contribution in [-0.4, -0.2) is 0 Å². The first kappa shape index (κ1) is 35.2. The minimum absolute atomic E-state index is 0.860. The molecule has 11 rings (SSSR count). The molecule has 10 aromatic carbocycles. The zero-order valence-corrected chi connectivity index (χ0v) is 32.9. The van der Waals surface area contributed by atoms with Crippen LogP contribution in [0.2, 0.25) is 0 Å². The van der Waals surface area contributed by atoms with Crippen molar-refractivity contribution in [2.45, 2.75) is 0 Å². The molecule has 11 aromatic rings. The highest BCUT2D eigenvalue weighted by Crippen LogP contribution is 2.44. The Morgan fingerprint density at radius 3 is 1.32 bits per heavy atom. The van der Waals surface area contributed by atoms with Crippen LogP contribution in [0.25, 0.3) is 88.3 Å². The van der Waals surface area contributed by atoms with E-state index in [2.05, 4.69) is 229 Å². The zero-order chi connectivity index (χ0) is 39.8. The Hall–Kier alpha value is -7.94. The van der Waals surface area contributed by atoms with Crippen LogP contribution in [-0.2, 0) is 0 Å². The van der Waals surface area contributed by atoms with E-state index < -0.39 is 0 Å². The predicted octanol–water partition coefficient (Wildman–Crippen LogP) is 16.5. The molecule has 0 saturated heterocycles. The molecule has 60 heavy (non-hydrogen) atoms. The van der Waals surface area contributed by atoms with Gasteiger partial charge in [-0.3, -0.25) is 0 Å². The van der Waals surface area contributed by atoms with Gasteiger partial charge in [0.2, 0.25) is 0 Å². The molecular formula is C58H39NO. The molecule has 0 amide bonds. The summed E-state index contributed by atoms with van der Waals surface area (Å²) in [7, 11) is 0. The number of hydrogen-bond donors (Lipinski definition) is 0. The molecular weight excluding hydrogens is 727 g/mol. The third-order valence-electron chi connectivity index (χ3n) is 11.7. The lowest BCUT2D eigenvalue weighted by Crippen LogP contribution is -2.10. The number of hydrogen-bond acceptors (Lipinski definition) is 2. The monoisotopic (exact) mass is 765 g/mol. The first-order valence-electron chi connectivity index (χ1n) is 20.5. The second-order valence-corrected chi connectivity index (χ2v) is 15.3. The minimum Gasteiger partial charge on any atom is -0.454 e. The number of anilines is 3. The Bertz CT molecular complexity index is 3290. The molecule has 1 aromatic heterocycles. The molecule has 0 aliphatic rings. The van der Waals surface area contributed by atoms with Gasteiger partial charge in [-0.25, -0.2) is 0 Å². The van der Waals surface area contributed by atoms with E-state index in [0.29, 0.717) is 0 Å². The van der Waals surface area contributed by atoms with Gasteiger partial charge in [-0.1, -0.05) is 188 Å². The van der Waals surface area contributed by atoms with E-state index in [9.17, 15) is 0 Å². The maximum absolute atomic E-state index is 6.64. The number of fused-ring (bicyclic) bond motifs is 4. The lowest BCUT2D eigenvalue weighted by atomic mass is 9.89. The highest BCUT2D eigenvalue weighted by molar-refractivity contribution is 6.10. The number of para-hydroxylation sites is 2. The molecule has 282 valence electrons. The van der Waals surface area contributed by atoms with Crippen LogP contribution in [0, 0.1) is 0 Å². The molecule has 0 aliphatic heterocycles. The summed E-state index contributed by atoms with van der Waals surface area (Å²) < 4.78 is 6.64. The largest absolute Gasteiger partial charge is 0.454 e. The Morgan fingerprint density at radius 1 is 0.283 bits per heavy atom. The van der Waals surface area contributed by atoms with E-state index in [4.69, 9.17) is 4.42 Å². The predicted molar refractivity (Wildman–Crippen MR) is 253 cm³/mol. The van der Waals surface area contributed by atoms with Crippen molar-refractivity contribution in [3.8, 4) is 55.6 Å². The van der Waals surface area contributed by atoms with Crippen LogP contribution in [0.4, 0.5) is 17.1 Å². The van der Waals surface area contributed by atoms with Gasteiger partial charge in [-0.15, -0.1) is 0 Å². The zero-order valence-electron chi connectivity index (χ0n) is 32.9. The molecule has 0 unspecified atom stereocenters. The average molecular weight is 766 g/mol. The van der Waals surface area contributed by atoms with Crippen LogP contribution in [0.3, 0.4) is 0 Å². The summed E-state index contributed by atoms with van der Waals surface area (Å²) >= 11 is 0. The van der Waals surface area contributed by atoms with Gasteiger partial charge in [0.05, 0.1) is 5.69 Å². The lowest BCUT2D eigenvalue weighted by Gasteiger charge is -2.26. The Morgan fingerprint density at radius 2 is 0.717 bits per heavy atom. The second-order valence-electron chi connectivity index (χ2n) is 15.3. The van der Waals surface area contributed by atoms with Gasteiger partial charge < -0.3 is 9.32 Å². The molecule has 0 atom stereocenters. The molecule has 1 heterocycles. The van der Waals surface area contributed by atoms with Crippen molar-refractivity contribution in [3.05, 3.63) is 237 Å². The van der Waals surface area contributed by atoms with Crippen LogP contribution >= 0.6 is 0 Å². The molecule has 0 spiro atoms. The van der Waals surface area contributed by atoms with Crippen molar-refractivity contribution in [1.29, 1.82) is 0 Å². The number of furan rings is 1. The van der Waals surface area contributed by atoms with Gasteiger partial charge in [-0.2, -0.15) is 0 Å². The number of rotatable bonds is 8. The maximum Gasteiger partial charge on any atom is 0.159 e. The van der Waals surface area contributed by atoms with Gasteiger partial charge in [0.1, 0.15) is 5.58 Å². The minimum atomic E-state index is 0.860. The van der Waals surface area contributed by atoms with E-state index in [1.54, 1.807) is 0 Å². The topological polar surface area (TPSA) is 16.4 Å². The smallest absolute Gasteiger partial charge is 0.159 e. The van der Waals surface area contributed by atoms with Gasteiger partial charge in [0, 0.05) is 22.1 Å².